The summed E-state index contributed by atoms with van der Waals surface area (Å²) in [6.07, 6.45) is 4.99. The molecule has 2 heterocycles. The largest absolute Gasteiger partial charge is 0.494 e. The van der Waals surface area contributed by atoms with Crippen LogP contribution in [0.15, 0.2) is 48.5 Å². The molecule has 0 amide bonds. The van der Waals surface area contributed by atoms with Gasteiger partial charge in [0.25, 0.3) is 0 Å². The van der Waals surface area contributed by atoms with E-state index in [0.717, 1.165) is 31.1 Å². The van der Waals surface area contributed by atoms with Crippen LogP contribution in [0.5, 0.6) is 5.75 Å². The van der Waals surface area contributed by atoms with Crippen LogP contribution >= 0.6 is 11.5 Å². The van der Waals surface area contributed by atoms with Gasteiger partial charge in [-0.2, -0.15) is 4.37 Å². The summed E-state index contributed by atoms with van der Waals surface area (Å²) >= 11 is 1.54. The second kappa shape index (κ2) is 9.20. The van der Waals surface area contributed by atoms with Crippen LogP contribution in [-0.4, -0.2) is 35.5 Å². The predicted molar refractivity (Wildman–Crippen MR) is 114 cm³/mol. The van der Waals surface area contributed by atoms with E-state index in [1.54, 1.807) is 11.5 Å². The number of rotatable bonds is 8. The summed E-state index contributed by atoms with van der Waals surface area (Å²) in [4.78, 5) is 2.55. The van der Waals surface area contributed by atoms with Gasteiger partial charge in [-0.3, -0.25) is 4.90 Å². The van der Waals surface area contributed by atoms with Gasteiger partial charge in [0.15, 0.2) is 0 Å². The van der Waals surface area contributed by atoms with Crippen molar-refractivity contribution in [3.8, 4) is 5.75 Å². The molecule has 4 rings (SSSR count). The fourth-order valence-electron chi connectivity index (χ4n) is 3.59. The molecular weight excluding hydrogens is 354 g/mol. The van der Waals surface area contributed by atoms with E-state index in [2.05, 4.69) is 63.1 Å². The first-order valence-corrected chi connectivity index (χ1v) is 10.7. The maximum absolute atomic E-state index is 5.97. The number of piperidine rings is 1. The highest BCUT2D eigenvalue weighted by atomic mass is 32.1. The van der Waals surface area contributed by atoms with Crippen LogP contribution in [0.2, 0.25) is 0 Å². The monoisotopic (exact) mass is 381 g/mol. The molecule has 27 heavy (non-hydrogen) atoms. The predicted octanol–water partition coefficient (Wildman–Crippen LogP) is 5.16. The molecule has 5 heteroatoms. The maximum atomic E-state index is 5.97. The number of anilines is 1. The van der Waals surface area contributed by atoms with Crippen molar-refractivity contribution in [3.05, 3.63) is 54.1 Å². The normalized spacial score (nSPS) is 15.1. The Balaban J connectivity index is 1.21. The Hall–Kier alpha value is -2.11. The van der Waals surface area contributed by atoms with Crippen LogP contribution in [0.3, 0.4) is 0 Å². The SMILES string of the molecule is c1cc(CN2CCCCC2)cc(OCCCNc2nsc3ccccc23)c1. The molecule has 1 saturated heterocycles. The van der Waals surface area contributed by atoms with E-state index < -0.39 is 0 Å². The van der Waals surface area contributed by atoms with Gasteiger partial charge in [0.2, 0.25) is 0 Å². The molecule has 1 aromatic heterocycles. The van der Waals surface area contributed by atoms with Gasteiger partial charge >= 0.3 is 0 Å². The summed E-state index contributed by atoms with van der Waals surface area (Å²) in [5, 5.41) is 4.63. The highest BCUT2D eigenvalue weighted by Gasteiger charge is 2.10. The van der Waals surface area contributed by atoms with E-state index in [4.69, 9.17) is 4.74 Å². The molecule has 2 aromatic carbocycles. The molecule has 0 bridgehead atoms. The summed E-state index contributed by atoms with van der Waals surface area (Å²) in [5.74, 6) is 1.96. The third-order valence-electron chi connectivity index (χ3n) is 5.01. The lowest BCUT2D eigenvalue weighted by atomic mass is 10.1. The number of hydrogen-bond acceptors (Lipinski definition) is 5. The smallest absolute Gasteiger partial charge is 0.147 e. The second-order valence-electron chi connectivity index (χ2n) is 7.14. The van der Waals surface area contributed by atoms with E-state index in [1.807, 2.05) is 0 Å². The van der Waals surface area contributed by atoms with Crippen LogP contribution in [0.25, 0.3) is 10.1 Å². The minimum atomic E-state index is 0.711. The van der Waals surface area contributed by atoms with E-state index in [0.29, 0.717) is 6.61 Å². The molecule has 3 aromatic rings. The molecule has 0 spiro atoms. The summed E-state index contributed by atoms with van der Waals surface area (Å²) in [6.45, 7) is 5.06. The third-order valence-corrected chi connectivity index (χ3v) is 5.84. The molecular formula is C22H27N3OS. The van der Waals surface area contributed by atoms with Gasteiger partial charge in [0.1, 0.15) is 11.6 Å². The zero-order chi connectivity index (χ0) is 18.3. The molecule has 0 atom stereocenters. The lowest BCUT2D eigenvalue weighted by Crippen LogP contribution is -2.29. The number of nitrogens with one attached hydrogen (secondary N) is 1. The van der Waals surface area contributed by atoms with Crippen molar-refractivity contribution < 1.29 is 4.74 Å². The van der Waals surface area contributed by atoms with Crippen LogP contribution in [-0.2, 0) is 6.54 Å². The number of fused-ring (bicyclic) bond motifs is 1. The molecule has 1 aliphatic heterocycles. The Morgan fingerprint density at radius 3 is 2.85 bits per heavy atom. The number of ether oxygens (including phenoxy) is 1. The quantitative estimate of drug-likeness (QED) is 0.547. The minimum Gasteiger partial charge on any atom is -0.494 e. The molecule has 0 unspecified atom stereocenters. The first-order chi connectivity index (χ1) is 13.4. The average molecular weight is 382 g/mol. The fraction of sp³-hybridized carbons (Fsp3) is 0.409. The van der Waals surface area contributed by atoms with Gasteiger partial charge in [-0.15, -0.1) is 0 Å². The van der Waals surface area contributed by atoms with Crippen molar-refractivity contribution in [2.45, 2.75) is 32.2 Å². The van der Waals surface area contributed by atoms with E-state index in [-0.39, 0.29) is 0 Å². The van der Waals surface area contributed by atoms with Crippen molar-refractivity contribution in [3.63, 3.8) is 0 Å². The molecule has 0 radical (unpaired) electrons. The van der Waals surface area contributed by atoms with E-state index >= 15 is 0 Å². The lowest BCUT2D eigenvalue weighted by Gasteiger charge is -2.26. The number of hydrogen-bond donors (Lipinski definition) is 1. The zero-order valence-electron chi connectivity index (χ0n) is 15.7. The number of likely N-dealkylation sites (tertiary alicyclic amines) is 1. The third kappa shape index (κ3) is 4.99. The first kappa shape index (κ1) is 18.3. The van der Waals surface area contributed by atoms with Crippen LogP contribution < -0.4 is 10.1 Å². The molecule has 142 valence electrons. The Morgan fingerprint density at radius 2 is 1.93 bits per heavy atom. The van der Waals surface area contributed by atoms with Crippen molar-refractivity contribution in [1.82, 2.24) is 9.27 Å². The highest BCUT2D eigenvalue weighted by Crippen LogP contribution is 2.26. The van der Waals surface area contributed by atoms with Crippen molar-refractivity contribution in [2.24, 2.45) is 0 Å². The van der Waals surface area contributed by atoms with Crippen molar-refractivity contribution in [2.75, 3.05) is 31.6 Å². The Kier molecular flexibility index (Phi) is 6.22. The van der Waals surface area contributed by atoms with E-state index in [1.165, 1.54) is 48.0 Å². The molecule has 1 fully saturated rings. The van der Waals surface area contributed by atoms with Gasteiger partial charge < -0.3 is 10.1 Å². The molecule has 1 N–H and O–H groups in total. The number of nitrogens with zero attached hydrogens (tertiary/aromatic N) is 2. The number of benzene rings is 2. The number of aromatic nitrogens is 1. The second-order valence-corrected chi connectivity index (χ2v) is 7.95. The minimum absolute atomic E-state index is 0.711. The molecule has 1 aliphatic rings. The van der Waals surface area contributed by atoms with Crippen molar-refractivity contribution in [1.29, 1.82) is 0 Å². The summed E-state index contributed by atoms with van der Waals surface area (Å²) in [5.41, 5.74) is 1.35. The molecule has 0 aliphatic carbocycles. The lowest BCUT2D eigenvalue weighted by molar-refractivity contribution is 0.220. The van der Waals surface area contributed by atoms with Crippen LogP contribution in [0.1, 0.15) is 31.2 Å². The zero-order valence-corrected chi connectivity index (χ0v) is 16.5. The molecule has 4 nitrogen and oxygen atoms in total. The average Bonchev–Trinajstić information content (AvgIpc) is 3.12. The van der Waals surface area contributed by atoms with Crippen LogP contribution in [0.4, 0.5) is 5.82 Å². The first-order valence-electron chi connectivity index (χ1n) is 9.91. The van der Waals surface area contributed by atoms with Crippen molar-refractivity contribution >= 4 is 27.4 Å². The Morgan fingerprint density at radius 1 is 1.04 bits per heavy atom. The topological polar surface area (TPSA) is 37.4 Å². The van der Waals surface area contributed by atoms with Crippen LogP contribution in [0, 0.1) is 0 Å². The van der Waals surface area contributed by atoms with Gasteiger partial charge in [0, 0.05) is 18.5 Å². The van der Waals surface area contributed by atoms with Gasteiger partial charge in [-0.05, 0) is 73.7 Å². The van der Waals surface area contributed by atoms with E-state index in [9.17, 15) is 0 Å². The molecule has 0 saturated carbocycles. The summed E-state index contributed by atoms with van der Waals surface area (Å²) in [6, 6.07) is 16.9. The maximum Gasteiger partial charge on any atom is 0.147 e. The standard InChI is InChI=1S/C22H27N3OS/c1-4-13-25(14-5-1)17-18-8-6-9-19(16-18)26-15-7-12-23-22-20-10-2-3-11-21(20)27-24-22/h2-3,6,8-11,16H,1,4-5,7,12-15,17H2,(H,23,24). The summed E-state index contributed by atoms with van der Waals surface area (Å²) in [7, 11) is 0. The Labute approximate surface area is 165 Å². The summed E-state index contributed by atoms with van der Waals surface area (Å²) < 4.78 is 11.7. The van der Waals surface area contributed by atoms with Gasteiger partial charge in [-0.25, -0.2) is 0 Å². The van der Waals surface area contributed by atoms with Gasteiger partial charge in [-0.1, -0.05) is 30.7 Å². The highest BCUT2D eigenvalue weighted by molar-refractivity contribution is 7.13. The fourth-order valence-corrected chi connectivity index (χ4v) is 4.35. The van der Waals surface area contributed by atoms with Gasteiger partial charge in [0.05, 0.1) is 11.3 Å². The Bertz CT molecular complexity index is 857.